The molecule has 0 atom stereocenters. The first kappa shape index (κ1) is 31.2. The Hall–Kier alpha value is -1.79. The van der Waals surface area contributed by atoms with Gasteiger partial charge in [0.2, 0.25) is 10.0 Å². The Morgan fingerprint density at radius 1 is 1.02 bits per heavy atom. The number of ether oxygens (including phenoxy) is 1. The van der Waals surface area contributed by atoms with Gasteiger partial charge in [-0.05, 0) is 68.1 Å². The summed E-state index contributed by atoms with van der Waals surface area (Å²) in [6, 6.07) is 10.2. The van der Waals surface area contributed by atoms with E-state index in [9.17, 15) is 13.2 Å². The molecule has 8 nitrogen and oxygen atoms in total. The van der Waals surface area contributed by atoms with Gasteiger partial charge in [-0.1, -0.05) is 35.8 Å². The molecule has 0 unspecified atom stereocenters. The highest BCUT2D eigenvalue weighted by molar-refractivity contribution is 7.89. The number of fused-ring (bicyclic) bond motifs is 1. The summed E-state index contributed by atoms with van der Waals surface area (Å²) in [7, 11) is -3.58. The van der Waals surface area contributed by atoms with Crippen LogP contribution in [-0.4, -0.2) is 81.0 Å². The van der Waals surface area contributed by atoms with Crippen LogP contribution in [0.15, 0.2) is 41.3 Å². The first-order valence-electron chi connectivity index (χ1n) is 13.6. The molecule has 0 bridgehead atoms. The van der Waals surface area contributed by atoms with Gasteiger partial charge in [-0.2, -0.15) is 4.31 Å². The van der Waals surface area contributed by atoms with Crippen LogP contribution in [0.5, 0.6) is 0 Å². The number of thiazole rings is 1. The van der Waals surface area contributed by atoms with Gasteiger partial charge in [0.15, 0.2) is 5.13 Å². The zero-order valence-electron chi connectivity index (χ0n) is 22.7. The molecule has 3 heterocycles. The summed E-state index contributed by atoms with van der Waals surface area (Å²) >= 11 is 7.80. The van der Waals surface area contributed by atoms with E-state index in [0.717, 1.165) is 80.7 Å². The van der Waals surface area contributed by atoms with Crippen LogP contribution >= 0.6 is 35.3 Å². The highest BCUT2D eigenvalue weighted by Crippen LogP contribution is 2.34. The molecule has 2 fully saturated rings. The number of anilines is 1. The number of hydrogen-bond donors (Lipinski definition) is 0. The number of rotatable bonds is 8. The third-order valence-electron chi connectivity index (χ3n) is 7.48. The van der Waals surface area contributed by atoms with Gasteiger partial charge in [0.05, 0.1) is 28.3 Å². The van der Waals surface area contributed by atoms with E-state index < -0.39 is 10.0 Å². The van der Waals surface area contributed by atoms with Crippen molar-refractivity contribution in [1.82, 2.24) is 14.2 Å². The fourth-order valence-electron chi connectivity index (χ4n) is 5.12. The van der Waals surface area contributed by atoms with Crippen molar-refractivity contribution in [2.75, 3.05) is 57.4 Å². The second-order valence-corrected chi connectivity index (χ2v) is 13.5. The number of amides is 1. The number of morpholine rings is 1. The van der Waals surface area contributed by atoms with Gasteiger partial charge in [-0.25, -0.2) is 13.4 Å². The van der Waals surface area contributed by atoms with E-state index in [1.165, 1.54) is 11.3 Å². The van der Waals surface area contributed by atoms with Crippen LogP contribution in [0.2, 0.25) is 5.02 Å². The monoisotopic (exact) mass is 626 g/mol. The summed E-state index contributed by atoms with van der Waals surface area (Å²) < 4.78 is 34.4. The maximum Gasteiger partial charge on any atom is 0.260 e. The summed E-state index contributed by atoms with van der Waals surface area (Å²) in [4.78, 5) is 22.9. The SMILES string of the molecule is Cc1c(Cl)ccc2sc(N(CCCN3CCOCC3)C(=O)c3ccc(S(=O)(=O)N4CCCCCC4)cc3)nc12.Cl. The molecule has 3 aromatic rings. The first-order valence-corrected chi connectivity index (χ1v) is 16.3. The number of benzene rings is 2. The maximum absolute atomic E-state index is 13.8. The Morgan fingerprint density at radius 3 is 2.38 bits per heavy atom. The smallest absolute Gasteiger partial charge is 0.260 e. The van der Waals surface area contributed by atoms with Crippen molar-refractivity contribution in [2.45, 2.75) is 43.9 Å². The first-order chi connectivity index (χ1) is 18.8. The number of aryl methyl sites for hydroxylation is 1. The number of sulfonamides is 1. The lowest BCUT2D eigenvalue weighted by molar-refractivity contribution is 0.0376. The van der Waals surface area contributed by atoms with Crippen LogP contribution in [0.25, 0.3) is 10.2 Å². The van der Waals surface area contributed by atoms with Crippen molar-refractivity contribution in [2.24, 2.45) is 0 Å². The van der Waals surface area contributed by atoms with Gasteiger partial charge in [0, 0.05) is 49.9 Å². The van der Waals surface area contributed by atoms with Gasteiger partial charge >= 0.3 is 0 Å². The molecule has 2 aromatic carbocycles. The Balaban J connectivity index is 0.00000370. The largest absolute Gasteiger partial charge is 0.379 e. The highest BCUT2D eigenvalue weighted by Gasteiger charge is 2.27. The minimum atomic E-state index is -3.58. The topological polar surface area (TPSA) is 83.0 Å². The number of nitrogens with zero attached hydrogens (tertiary/aromatic N) is 4. The predicted octanol–water partition coefficient (Wildman–Crippen LogP) is 5.61. The summed E-state index contributed by atoms with van der Waals surface area (Å²) in [5.41, 5.74) is 2.12. The molecule has 218 valence electrons. The van der Waals surface area contributed by atoms with Gasteiger partial charge in [0.1, 0.15) is 0 Å². The van der Waals surface area contributed by atoms with Crippen LogP contribution in [-0.2, 0) is 14.8 Å². The Morgan fingerprint density at radius 2 is 1.70 bits per heavy atom. The molecule has 2 aliphatic heterocycles. The average Bonchev–Trinajstić information content (AvgIpc) is 3.18. The summed E-state index contributed by atoms with van der Waals surface area (Å²) in [5, 5.41) is 1.26. The molecule has 12 heteroatoms. The molecule has 0 N–H and O–H groups in total. The van der Waals surface area contributed by atoms with E-state index in [0.29, 0.717) is 35.4 Å². The zero-order chi connectivity index (χ0) is 27.4. The maximum atomic E-state index is 13.8. The standard InChI is InChI=1S/C28H35ClN4O4S2.ClH/c1-21-24(29)11-12-25-26(21)30-28(38-25)33(16-6-13-31-17-19-37-20-18-31)27(34)22-7-9-23(10-8-22)39(35,36)32-14-4-2-3-5-15-32;/h7-12H,2-6,13-20H2,1H3;1H. The number of aromatic nitrogens is 1. The predicted molar refractivity (Wildman–Crippen MR) is 164 cm³/mol. The zero-order valence-corrected chi connectivity index (χ0v) is 25.9. The summed E-state index contributed by atoms with van der Waals surface area (Å²) in [6.45, 7) is 7.61. The molecular weight excluding hydrogens is 591 g/mol. The van der Waals surface area contributed by atoms with E-state index in [4.69, 9.17) is 21.3 Å². The fraction of sp³-hybridized carbons (Fsp3) is 0.500. The summed E-state index contributed by atoms with van der Waals surface area (Å²) in [5.74, 6) is -0.196. The molecule has 0 saturated carbocycles. The number of carbonyl (C=O) groups is 1. The van der Waals surface area contributed by atoms with E-state index in [-0.39, 0.29) is 23.2 Å². The van der Waals surface area contributed by atoms with Crippen LogP contribution < -0.4 is 4.90 Å². The lowest BCUT2D eigenvalue weighted by Crippen LogP contribution is -2.39. The molecule has 1 amide bonds. The van der Waals surface area contributed by atoms with Crippen molar-refractivity contribution in [3.8, 4) is 0 Å². The third-order valence-corrected chi connectivity index (χ3v) is 10.8. The quantitative estimate of drug-likeness (QED) is 0.323. The Labute approximate surface area is 251 Å². The number of hydrogen-bond acceptors (Lipinski definition) is 7. The van der Waals surface area contributed by atoms with Crippen molar-refractivity contribution in [3.63, 3.8) is 0 Å². The van der Waals surface area contributed by atoms with Crippen molar-refractivity contribution >= 4 is 66.6 Å². The molecule has 40 heavy (non-hydrogen) atoms. The van der Waals surface area contributed by atoms with Crippen molar-refractivity contribution in [1.29, 1.82) is 0 Å². The molecule has 5 rings (SSSR count). The van der Waals surface area contributed by atoms with E-state index >= 15 is 0 Å². The molecular formula is C28H36Cl2N4O4S2. The van der Waals surface area contributed by atoms with Crippen LogP contribution in [0.4, 0.5) is 5.13 Å². The van der Waals surface area contributed by atoms with Gasteiger partial charge in [-0.15, -0.1) is 12.4 Å². The second-order valence-electron chi connectivity index (χ2n) is 10.1. The van der Waals surface area contributed by atoms with Crippen LogP contribution in [0.1, 0.15) is 48.0 Å². The highest BCUT2D eigenvalue weighted by atomic mass is 35.5. The average molecular weight is 628 g/mol. The van der Waals surface area contributed by atoms with Gasteiger partial charge in [-0.3, -0.25) is 14.6 Å². The molecule has 2 saturated heterocycles. The Kier molecular flexibility index (Phi) is 10.8. The van der Waals surface area contributed by atoms with Crippen LogP contribution in [0, 0.1) is 6.92 Å². The van der Waals surface area contributed by atoms with Crippen molar-refractivity contribution in [3.05, 3.63) is 52.5 Å². The molecule has 2 aliphatic rings. The van der Waals surface area contributed by atoms with E-state index in [1.807, 2.05) is 19.1 Å². The van der Waals surface area contributed by atoms with Crippen LogP contribution in [0.3, 0.4) is 0 Å². The minimum Gasteiger partial charge on any atom is -0.379 e. The third kappa shape index (κ3) is 6.98. The van der Waals surface area contributed by atoms with E-state index in [2.05, 4.69) is 4.90 Å². The molecule has 1 aromatic heterocycles. The minimum absolute atomic E-state index is 0. The fourth-order valence-corrected chi connectivity index (χ4v) is 7.84. The summed E-state index contributed by atoms with van der Waals surface area (Å²) in [6.07, 6.45) is 4.64. The molecule has 0 spiro atoms. The Bertz CT molecular complexity index is 1400. The van der Waals surface area contributed by atoms with Gasteiger partial charge in [0.25, 0.3) is 5.91 Å². The number of carbonyl (C=O) groups excluding carboxylic acids is 1. The normalized spacial score (nSPS) is 17.4. The molecule has 0 aliphatic carbocycles. The second kappa shape index (κ2) is 13.9. The lowest BCUT2D eigenvalue weighted by Gasteiger charge is -2.27. The lowest BCUT2D eigenvalue weighted by atomic mass is 10.2. The van der Waals surface area contributed by atoms with Gasteiger partial charge < -0.3 is 4.74 Å². The van der Waals surface area contributed by atoms with E-state index in [1.54, 1.807) is 33.5 Å². The number of halogens is 2. The molecule has 0 radical (unpaired) electrons. The van der Waals surface area contributed by atoms with Crippen molar-refractivity contribution < 1.29 is 17.9 Å².